The molecule has 5 rings (SSSR count). The number of phenolic OH excluding ortho intramolecular Hbond substituents is 1. The molecule has 0 radical (unpaired) electrons. The molecule has 1 N–H and O–H groups in total. The van der Waals surface area contributed by atoms with Gasteiger partial charge in [-0.2, -0.15) is 0 Å². The highest BCUT2D eigenvalue weighted by Gasteiger charge is 2.58. The van der Waals surface area contributed by atoms with Crippen LogP contribution in [0.5, 0.6) is 5.75 Å². The van der Waals surface area contributed by atoms with E-state index in [1.165, 1.54) is 0 Å². The van der Waals surface area contributed by atoms with Crippen molar-refractivity contribution in [1.29, 1.82) is 0 Å². The molecule has 3 aliphatic carbocycles. The molecule has 0 heterocycles. The van der Waals surface area contributed by atoms with Gasteiger partial charge in [-0.15, -0.1) is 0 Å². The zero-order chi connectivity index (χ0) is 12.5. The van der Waals surface area contributed by atoms with Crippen molar-refractivity contribution < 1.29 is 9.50 Å². The second-order valence-electron chi connectivity index (χ2n) is 6.04. The lowest BCUT2D eigenvalue weighted by atomic mass is 9.42. The molecule has 1 nitrogen and oxygen atoms in total. The van der Waals surface area contributed by atoms with Crippen LogP contribution in [0.2, 0.25) is 0 Å². The second-order valence-corrected chi connectivity index (χ2v) is 6.04. The minimum atomic E-state index is -0.0746. The van der Waals surface area contributed by atoms with E-state index in [9.17, 15) is 9.50 Å². The normalized spacial score (nSPS) is 28.9. The third-order valence-electron chi connectivity index (χ3n) is 4.82. The predicted molar refractivity (Wildman–Crippen MR) is 69.3 cm³/mol. The highest BCUT2D eigenvalue weighted by molar-refractivity contribution is 5.91. The maximum absolute atomic E-state index is 14.3. The predicted octanol–water partition coefficient (Wildman–Crippen LogP) is 4.04. The minimum Gasteiger partial charge on any atom is -0.508 e. The first-order valence-corrected chi connectivity index (χ1v) is 6.51. The number of aromatic hydroxyl groups is 1. The summed E-state index contributed by atoms with van der Waals surface area (Å²) in [6.45, 7) is 1.95. The fourth-order valence-electron chi connectivity index (χ4n) is 3.94. The van der Waals surface area contributed by atoms with Gasteiger partial charge in [0.2, 0.25) is 0 Å². The number of aryl methyl sites for hydroxylation is 1. The van der Waals surface area contributed by atoms with Gasteiger partial charge in [0, 0.05) is 5.56 Å². The Morgan fingerprint density at radius 2 is 1.94 bits per heavy atom. The highest BCUT2D eigenvalue weighted by atomic mass is 19.1. The van der Waals surface area contributed by atoms with E-state index in [1.807, 2.05) is 6.92 Å². The summed E-state index contributed by atoms with van der Waals surface area (Å²) in [5.41, 5.74) is 1.99. The molecule has 3 saturated carbocycles. The molecule has 0 aromatic heterocycles. The van der Waals surface area contributed by atoms with Gasteiger partial charge in [-0.3, -0.25) is 0 Å². The van der Waals surface area contributed by atoms with Crippen molar-refractivity contribution in [3.63, 3.8) is 0 Å². The quantitative estimate of drug-likeness (QED) is 0.800. The van der Waals surface area contributed by atoms with Crippen LogP contribution in [0.25, 0.3) is 10.8 Å². The summed E-state index contributed by atoms with van der Waals surface area (Å²) in [5, 5.41) is 11.6. The summed E-state index contributed by atoms with van der Waals surface area (Å²) in [5.74, 6) is 1.02. The summed E-state index contributed by atoms with van der Waals surface area (Å²) in [6.07, 6.45) is 3.43. The molecule has 92 valence electrons. The summed E-state index contributed by atoms with van der Waals surface area (Å²) in [7, 11) is 0. The number of phenols is 1. The first-order valence-electron chi connectivity index (χ1n) is 6.51. The van der Waals surface area contributed by atoms with Gasteiger partial charge in [0.25, 0.3) is 0 Å². The second kappa shape index (κ2) is 3.05. The maximum atomic E-state index is 14.3. The Hall–Kier alpha value is -1.57. The Balaban J connectivity index is 2.08. The summed E-state index contributed by atoms with van der Waals surface area (Å²) in [4.78, 5) is 0. The lowest BCUT2D eigenvalue weighted by molar-refractivity contribution is -0.0287. The van der Waals surface area contributed by atoms with Gasteiger partial charge in [-0.25, -0.2) is 4.39 Å². The van der Waals surface area contributed by atoms with E-state index in [2.05, 4.69) is 0 Å². The standard InChI is InChI=1S/C16H15FO/c1-9-4-12(18)5-11-2-3-13(17)15(14(9)11)16-6-10(7-16)8-16/h2-5,10,18H,6-8H2,1H3. The molecule has 3 aliphatic rings. The van der Waals surface area contributed by atoms with Gasteiger partial charge in [-0.05, 0) is 72.1 Å². The van der Waals surface area contributed by atoms with Crippen LogP contribution in [-0.4, -0.2) is 5.11 Å². The van der Waals surface area contributed by atoms with Crippen LogP contribution in [0.3, 0.4) is 0 Å². The van der Waals surface area contributed by atoms with Crippen molar-refractivity contribution >= 4 is 10.8 Å². The molecule has 0 spiro atoms. The van der Waals surface area contributed by atoms with Crippen LogP contribution in [0.1, 0.15) is 30.4 Å². The molecular weight excluding hydrogens is 227 g/mol. The summed E-state index contributed by atoms with van der Waals surface area (Å²) < 4.78 is 14.3. The Morgan fingerprint density at radius 3 is 2.56 bits per heavy atom. The number of hydrogen-bond acceptors (Lipinski definition) is 1. The van der Waals surface area contributed by atoms with Crippen molar-refractivity contribution in [2.45, 2.75) is 31.6 Å². The van der Waals surface area contributed by atoms with Gasteiger partial charge >= 0.3 is 0 Å². The largest absolute Gasteiger partial charge is 0.508 e. The van der Waals surface area contributed by atoms with Gasteiger partial charge in [0.1, 0.15) is 11.6 Å². The molecule has 2 aromatic carbocycles. The van der Waals surface area contributed by atoms with Crippen molar-refractivity contribution in [2.75, 3.05) is 0 Å². The summed E-state index contributed by atoms with van der Waals surface area (Å²) >= 11 is 0. The summed E-state index contributed by atoms with van der Waals surface area (Å²) in [6, 6.07) is 6.79. The van der Waals surface area contributed by atoms with E-state index in [1.54, 1.807) is 24.3 Å². The molecule has 0 amide bonds. The minimum absolute atomic E-state index is 0.0746. The number of halogens is 1. The van der Waals surface area contributed by atoms with E-state index >= 15 is 0 Å². The van der Waals surface area contributed by atoms with Gasteiger partial charge in [0.05, 0.1) is 0 Å². The van der Waals surface area contributed by atoms with Crippen molar-refractivity contribution in [2.24, 2.45) is 5.92 Å². The maximum Gasteiger partial charge on any atom is 0.127 e. The average Bonchev–Trinajstić information content (AvgIpc) is 2.17. The zero-order valence-electron chi connectivity index (χ0n) is 10.3. The molecule has 18 heavy (non-hydrogen) atoms. The monoisotopic (exact) mass is 242 g/mol. The van der Waals surface area contributed by atoms with E-state index in [0.717, 1.165) is 47.1 Å². The fourth-order valence-corrected chi connectivity index (χ4v) is 3.94. The molecule has 0 saturated heterocycles. The molecular formula is C16H15FO. The molecule has 2 bridgehead atoms. The SMILES string of the molecule is Cc1cc(O)cc2ccc(F)c(C34CC(C3)C4)c12. The molecule has 2 heteroatoms. The van der Waals surface area contributed by atoms with Crippen molar-refractivity contribution in [3.8, 4) is 5.75 Å². The first-order chi connectivity index (χ1) is 8.59. The van der Waals surface area contributed by atoms with Crippen LogP contribution >= 0.6 is 0 Å². The van der Waals surface area contributed by atoms with Crippen LogP contribution in [0.4, 0.5) is 4.39 Å². The Labute approximate surface area is 105 Å². The lowest BCUT2D eigenvalue weighted by Gasteiger charge is -2.62. The van der Waals surface area contributed by atoms with Crippen molar-refractivity contribution in [3.05, 3.63) is 41.2 Å². The van der Waals surface area contributed by atoms with E-state index in [4.69, 9.17) is 0 Å². The number of fused-ring (bicyclic) bond motifs is 1. The van der Waals surface area contributed by atoms with Gasteiger partial charge in [0.15, 0.2) is 0 Å². The van der Waals surface area contributed by atoms with E-state index in [0.29, 0.717) is 0 Å². The van der Waals surface area contributed by atoms with Gasteiger partial charge in [-0.1, -0.05) is 6.07 Å². The van der Waals surface area contributed by atoms with E-state index < -0.39 is 0 Å². The van der Waals surface area contributed by atoms with Crippen LogP contribution < -0.4 is 0 Å². The Morgan fingerprint density at radius 1 is 1.22 bits per heavy atom. The molecule has 0 atom stereocenters. The number of benzene rings is 2. The third kappa shape index (κ3) is 1.11. The average molecular weight is 242 g/mol. The molecule has 0 unspecified atom stereocenters. The lowest BCUT2D eigenvalue weighted by Crippen LogP contribution is -2.55. The smallest absolute Gasteiger partial charge is 0.127 e. The first kappa shape index (κ1) is 10.4. The number of hydrogen-bond donors (Lipinski definition) is 1. The topological polar surface area (TPSA) is 20.2 Å². The highest BCUT2D eigenvalue weighted by Crippen LogP contribution is 2.66. The fraction of sp³-hybridized carbons (Fsp3) is 0.375. The van der Waals surface area contributed by atoms with Crippen LogP contribution in [0.15, 0.2) is 24.3 Å². The van der Waals surface area contributed by atoms with Crippen LogP contribution in [0, 0.1) is 18.7 Å². The van der Waals surface area contributed by atoms with Gasteiger partial charge < -0.3 is 5.11 Å². The number of rotatable bonds is 1. The Kier molecular flexibility index (Phi) is 1.76. The van der Waals surface area contributed by atoms with E-state index in [-0.39, 0.29) is 17.0 Å². The molecule has 2 aromatic rings. The Bertz CT molecular complexity index is 657. The molecule has 0 aliphatic heterocycles. The zero-order valence-corrected chi connectivity index (χ0v) is 10.3. The van der Waals surface area contributed by atoms with Crippen molar-refractivity contribution in [1.82, 2.24) is 0 Å². The third-order valence-corrected chi connectivity index (χ3v) is 4.82. The van der Waals surface area contributed by atoms with Crippen LogP contribution in [-0.2, 0) is 5.41 Å². The molecule has 3 fully saturated rings.